The number of carbonyl (C=O) groups excluding carboxylic acids is 1. The van der Waals surface area contributed by atoms with Gasteiger partial charge in [-0.3, -0.25) is 9.48 Å². The lowest BCUT2D eigenvalue weighted by molar-refractivity contribution is 0.0950. The number of nitrogens with one attached hydrogen (secondary N) is 2. The van der Waals surface area contributed by atoms with Crippen LogP contribution in [0.3, 0.4) is 0 Å². The van der Waals surface area contributed by atoms with E-state index in [4.69, 9.17) is 0 Å². The van der Waals surface area contributed by atoms with Crippen LogP contribution in [-0.2, 0) is 13.6 Å². The minimum absolute atomic E-state index is 0.0607. The van der Waals surface area contributed by atoms with Gasteiger partial charge in [0.15, 0.2) is 0 Å². The number of hydrogen-bond acceptors (Lipinski definition) is 3. The number of nitrogens with zero attached hydrogens (tertiary/aromatic N) is 2. The number of benzene rings is 1. The zero-order valence-electron chi connectivity index (χ0n) is 12.1. The predicted octanol–water partition coefficient (Wildman–Crippen LogP) is 2.09. The molecule has 106 valence electrons. The Kier molecular flexibility index (Phi) is 4.40. The second kappa shape index (κ2) is 6.23. The maximum atomic E-state index is 12.2. The van der Waals surface area contributed by atoms with E-state index in [1.165, 1.54) is 0 Å². The lowest BCUT2D eigenvalue weighted by Gasteiger charge is -2.09. The van der Waals surface area contributed by atoms with Gasteiger partial charge in [-0.1, -0.05) is 0 Å². The van der Waals surface area contributed by atoms with Crippen molar-refractivity contribution in [1.82, 2.24) is 15.1 Å². The van der Waals surface area contributed by atoms with Crippen LogP contribution in [-0.4, -0.2) is 22.2 Å². The normalized spacial score (nSPS) is 10.3. The van der Waals surface area contributed by atoms with Gasteiger partial charge < -0.3 is 10.6 Å². The maximum Gasteiger partial charge on any atom is 0.251 e. The van der Waals surface area contributed by atoms with Gasteiger partial charge in [0.25, 0.3) is 5.91 Å². The van der Waals surface area contributed by atoms with Gasteiger partial charge in [0, 0.05) is 43.1 Å². The molecule has 0 bridgehead atoms. The molecule has 0 atom stereocenters. The molecule has 2 rings (SSSR count). The van der Waals surface area contributed by atoms with E-state index < -0.39 is 0 Å². The Bertz CT molecular complexity index is 604. The summed E-state index contributed by atoms with van der Waals surface area (Å²) in [6.45, 7) is 5.34. The van der Waals surface area contributed by atoms with E-state index in [1.807, 2.05) is 45.3 Å². The molecular formula is C15H20N4O. The van der Waals surface area contributed by atoms with Gasteiger partial charge in [0.2, 0.25) is 0 Å². The zero-order valence-corrected chi connectivity index (χ0v) is 12.1. The summed E-state index contributed by atoms with van der Waals surface area (Å²) in [4.78, 5) is 12.2. The largest absolute Gasteiger partial charge is 0.385 e. The fourth-order valence-corrected chi connectivity index (χ4v) is 2.07. The third-order valence-corrected chi connectivity index (χ3v) is 3.06. The number of rotatable bonds is 5. The van der Waals surface area contributed by atoms with Crippen LogP contribution >= 0.6 is 0 Å². The highest BCUT2D eigenvalue weighted by molar-refractivity contribution is 5.96. The highest BCUT2D eigenvalue weighted by Gasteiger charge is 2.09. The Morgan fingerprint density at radius 3 is 2.80 bits per heavy atom. The molecular weight excluding hydrogens is 252 g/mol. The lowest BCUT2D eigenvalue weighted by Crippen LogP contribution is -2.23. The first-order valence-electron chi connectivity index (χ1n) is 6.70. The van der Waals surface area contributed by atoms with Crippen LogP contribution in [0.25, 0.3) is 0 Å². The molecule has 0 unspecified atom stereocenters. The van der Waals surface area contributed by atoms with Crippen molar-refractivity contribution >= 4 is 11.6 Å². The quantitative estimate of drug-likeness (QED) is 0.876. The molecule has 20 heavy (non-hydrogen) atoms. The first kappa shape index (κ1) is 14.1. The van der Waals surface area contributed by atoms with Crippen molar-refractivity contribution in [3.63, 3.8) is 0 Å². The summed E-state index contributed by atoms with van der Waals surface area (Å²) in [6, 6.07) is 5.77. The Morgan fingerprint density at radius 2 is 2.20 bits per heavy atom. The fraction of sp³-hybridized carbons (Fsp3) is 0.333. The molecule has 0 saturated heterocycles. The van der Waals surface area contributed by atoms with Gasteiger partial charge in [-0.25, -0.2) is 0 Å². The SMILES string of the molecule is CCNc1ccc(C(=O)NCc2cnn(C)c2)c(C)c1. The van der Waals surface area contributed by atoms with Crippen molar-refractivity contribution in [1.29, 1.82) is 0 Å². The van der Waals surface area contributed by atoms with E-state index in [0.717, 1.165) is 23.4 Å². The molecule has 1 heterocycles. The maximum absolute atomic E-state index is 12.2. The van der Waals surface area contributed by atoms with E-state index in [2.05, 4.69) is 15.7 Å². The Hall–Kier alpha value is -2.30. The van der Waals surface area contributed by atoms with Gasteiger partial charge in [-0.05, 0) is 37.6 Å². The zero-order chi connectivity index (χ0) is 14.5. The van der Waals surface area contributed by atoms with E-state index in [0.29, 0.717) is 12.1 Å². The topological polar surface area (TPSA) is 59.0 Å². The minimum atomic E-state index is -0.0607. The average Bonchev–Trinajstić information content (AvgIpc) is 2.82. The first-order valence-corrected chi connectivity index (χ1v) is 6.70. The Balaban J connectivity index is 2.01. The number of amides is 1. The summed E-state index contributed by atoms with van der Waals surface area (Å²) < 4.78 is 1.72. The molecule has 0 aliphatic heterocycles. The number of hydrogen-bond donors (Lipinski definition) is 2. The van der Waals surface area contributed by atoms with E-state index in [-0.39, 0.29) is 5.91 Å². The fourth-order valence-electron chi connectivity index (χ4n) is 2.07. The van der Waals surface area contributed by atoms with Crippen LogP contribution in [0.15, 0.2) is 30.6 Å². The molecule has 2 aromatic rings. The molecule has 0 saturated carbocycles. The monoisotopic (exact) mass is 272 g/mol. The molecule has 0 radical (unpaired) electrons. The number of aromatic nitrogens is 2. The lowest BCUT2D eigenvalue weighted by atomic mass is 10.1. The number of carbonyl (C=O) groups is 1. The second-order valence-corrected chi connectivity index (χ2v) is 4.76. The van der Waals surface area contributed by atoms with Crippen LogP contribution < -0.4 is 10.6 Å². The highest BCUT2D eigenvalue weighted by atomic mass is 16.1. The summed E-state index contributed by atoms with van der Waals surface area (Å²) in [6.07, 6.45) is 3.64. The molecule has 5 heteroatoms. The summed E-state index contributed by atoms with van der Waals surface area (Å²) in [7, 11) is 1.86. The van der Waals surface area contributed by atoms with Gasteiger partial charge >= 0.3 is 0 Å². The molecule has 0 aliphatic rings. The molecule has 0 aliphatic carbocycles. The Morgan fingerprint density at radius 1 is 1.40 bits per heavy atom. The number of anilines is 1. The number of aryl methyl sites for hydroxylation is 2. The molecule has 5 nitrogen and oxygen atoms in total. The van der Waals surface area contributed by atoms with Crippen molar-refractivity contribution < 1.29 is 4.79 Å². The van der Waals surface area contributed by atoms with Crippen LogP contribution in [0.1, 0.15) is 28.4 Å². The standard InChI is InChI=1S/C15H20N4O/c1-4-16-13-5-6-14(11(2)7-13)15(20)17-8-12-9-18-19(3)10-12/h5-7,9-10,16H,4,8H2,1-3H3,(H,17,20). The van der Waals surface area contributed by atoms with E-state index in [9.17, 15) is 4.79 Å². The molecule has 1 amide bonds. The van der Waals surface area contributed by atoms with Crippen LogP contribution in [0.2, 0.25) is 0 Å². The third-order valence-electron chi connectivity index (χ3n) is 3.06. The summed E-state index contributed by atoms with van der Waals surface area (Å²) in [5.74, 6) is -0.0607. The highest BCUT2D eigenvalue weighted by Crippen LogP contribution is 2.15. The van der Waals surface area contributed by atoms with Crippen molar-refractivity contribution in [2.24, 2.45) is 7.05 Å². The van der Waals surface area contributed by atoms with E-state index >= 15 is 0 Å². The van der Waals surface area contributed by atoms with Crippen molar-refractivity contribution in [3.05, 3.63) is 47.3 Å². The second-order valence-electron chi connectivity index (χ2n) is 4.76. The van der Waals surface area contributed by atoms with Crippen LogP contribution in [0.5, 0.6) is 0 Å². The minimum Gasteiger partial charge on any atom is -0.385 e. The van der Waals surface area contributed by atoms with Gasteiger partial charge in [-0.15, -0.1) is 0 Å². The van der Waals surface area contributed by atoms with Gasteiger partial charge in [0.1, 0.15) is 0 Å². The summed E-state index contributed by atoms with van der Waals surface area (Å²) in [5.41, 5.74) is 3.69. The summed E-state index contributed by atoms with van der Waals surface area (Å²) in [5, 5.41) is 10.2. The molecule has 2 N–H and O–H groups in total. The molecule has 0 fully saturated rings. The predicted molar refractivity (Wildman–Crippen MR) is 79.7 cm³/mol. The third kappa shape index (κ3) is 3.38. The smallest absolute Gasteiger partial charge is 0.251 e. The van der Waals surface area contributed by atoms with E-state index in [1.54, 1.807) is 10.9 Å². The van der Waals surface area contributed by atoms with Gasteiger partial charge in [0.05, 0.1) is 6.20 Å². The summed E-state index contributed by atoms with van der Waals surface area (Å²) >= 11 is 0. The molecule has 0 spiro atoms. The van der Waals surface area contributed by atoms with Crippen LogP contribution in [0.4, 0.5) is 5.69 Å². The average molecular weight is 272 g/mol. The van der Waals surface area contributed by atoms with Crippen LogP contribution in [0, 0.1) is 6.92 Å². The molecule has 1 aromatic carbocycles. The molecule has 1 aromatic heterocycles. The first-order chi connectivity index (χ1) is 9.60. The Labute approximate surface area is 119 Å². The van der Waals surface area contributed by atoms with Gasteiger partial charge in [-0.2, -0.15) is 5.10 Å². The van der Waals surface area contributed by atoms with Crippen molar-refractivity contribution in [3.8, 4) is 0 Å². The van der Waals surface area contributed by atoms with Crippen molar-refractivity contribution in [2.45, 2.75) is 20.4 Å². The van der Waals surface area contributed by atoms with Crippen molar-refractivity contribution in [2.75, 3.05) is 11.9 Å².